The fraction of sp³-hybridized carbons (Fsp3) is 0.500. The lowest BCUT2D eigenvalue weighted by molar-refractivity contribution is 0.115. The Hall–Kier alpha value is -0.600. The lowest BCUT2D eigenvalue weighted by Gasteiger charge is -2.17. The van der Waals surface area contributed by atoms with E-state index in [1.54, 1.807) is 12.1 Å². The van der Waals surface area contributed by atoms with Gasteiger partial charge in [-0.05, 0) is 30.0 Å². The Labute approximate surface area is 94.9 Å². The maximum atomic E-state index is 12.9. The third-order valence-corrected chi connectivity index (χ3v) is 3.02. The second-order valence-corrected chi connectivity index (χ2v) is 4.31. The number of aliphatic hydroxyl groups is 1. The largest absolute Gasteiger partial charge is 0.393 e. The molecule has 0 amide bonds. The first-order valence-electron chi connectivity index (χ1n) is 5.16. The molecule has 1 N–H and O–H groups in total. The summed E-state index contributed by atoms with van der Waals surface area (Å²) in [5.74, 6) is -0.174. The van der Waals surface area contributed by atoms with E-state index < -0.39 is 11.9 Å². The van der Waals surface area contributed by atoms with Crippen LogP contribution in [0.4, 0.5) is 4.39 Å². The molecule has 0 spiro atoms. The molecule has 0 saturated carbocycles. The van der Waals surface area contributed by atoms with E-state index in [0.717, 1.165) is 12.0 Å². The monoisotopic (exact) mass is 230 g/mol. The van der Waals surface area contributed by atoms with Crippen molar-refractivity contribution in [1.29, 1.82) is 0 Å². The van der Waals surface area contributed by atoms with Crippen LogP contribution in [0.2, 0.25) is 5.02 Å². The average molecular weight is 231 g/mol. The summed E-state index contributed by atoms with van der Waals surface area (Å²) in [6, 6.07) is 4.57. The molecular formula is C12H16ClFO. The molecule has 1 aromatic rings. The van der Waals surface area contributed by atoms with E-state index in [9.17, 15) is 9.50 Å². The van der Waals surface area contributed by atoms with E-state index in [1.807, 2.05) is 13.8 Å². The third-order valence-electron chi connectivity index (χ3n) is 2.73. The maximum absolute atomic E-state index is 12.9. The second kappa shape index (κ2) is 5.47. The summed E-state index contributed by atoms with van der Waals surface area (Å²) in [6.45, 7) is 4.03. The molecule has 3 heteroatoms. The second-order valence-electron chi connectivity index (χ2n) is 3.91. The van der Waals surface area contributed by atoms with E-state index in [2.05, 4.69) is 0 Å². The molecule has 2 unspecified atom stereocenters. The highest BCUT2D eigenvalue weighted by Crippen LogP contribution is 2.19. The number of benzene rings is 1. The van der Waals surface area contributed by atoms with Crippen LogP contribution in [0.15, 0.2) is 18.2 Å². The van der Waals surface area contributed by atoms with Crippen molar-refractivity contribution in [3.63, 3.8) is 0 Å². The molecule has 0 aliphatic heterocycles. The topological polar surface area (TPSA) is 20.2 Å². The SMILES string of the molecule is CCC(C)C(O)Cc1ccc(F)c(Cl)c1. The zero-order chi connectivity index (χ0) is 11.4. The van der Waals surface area contributed by atoms with Crippen molar-refractivity contribution in [2.75, 3.05) is 0 Å². The summed E-state index contributed by atoms with van der Waals surface area (Å²) < 4.78 is 12.9. The van der Waals surface area contributed by atoms with E-state index in [4.69, 9.17) is 11.6 Å². The van der Waals surface area contributed by atoms with Gasteiger partial charge in [-0.1, -0.05) is 37.9 Å². The average Bonchev–Trinajstić information content (AvgIpc) is 2.22. The van der Waals surface area contributed by atoms with Gasteiger partial charge in [0.25, 0.3) is 0 Å². The highest BCUT2D eigenvalue weighted by atomic mass is 35.5. The molecule has 2 atom stereocenters. The van der Waals surface area contributed by atoms with Crippen LogP contribution >= 0.6 is 11.6 Å². The van der Waals surface area contributed by atoms with Gasteiger partial charge < -0.3 is 5.11 Å². The van der Waals surface area contributed by atoms with E-state index in [-0.39, 0.29) is 10.9 Å². The molecule has 0 heterocycles. The van der Waals surface area contributed by atoms with Gasteiger partial charge in [0.15, 0.2) is 0 Å². The molecule has 0 aromatic heterocycles. The molecule has 0 aliphatic rings. The fourth-order valence-electron chi connectivity index (χ4n) is 1.38. The quantitative estimate of drug-likeness (QED) is 0.840. The molecule has 0 aliphatic carbocycles. The zero-order valence-corrected chi connectivity index (χ0v) is 9.76. The normalized spacial score (nSPS) is 15.0. The van der Waals surface area contributed by atoms with Gasteiger partial charge in [-0.2, -0.15) is 0 Å². The summed E-state index contributed by atoms with van der Waals surface area (Å²) in [7, 11) is 0. The molecule has 0 saturated heterocycles. The molecule has 0 radical (unpaired) electrons. The predicted molar refractivity (Wildman–Crippen MR) is 60.6 cm³/mol. The first-order chi connectivity index (χ1) is 7.04. The summed E-state index contributed by atoms with van der Waals surface area (Å²) in [6.07, 6.45) is 1.06. The van der Waals surface area contributed by atoms with Gasteiger partial charge in [0, 0.05) is 0 Å². The van der Waals surface area contributed by atoms with E-state index in [1.165, 1.54) is 6.07 Å². The van der Waals surface area contributed by atoms with Crippen molar-refractivity contribution >= 4 is 11.6 Å². The Balaban J connectivity index is 2.68. The molecule has 84 valence electrons. The molecule has 0 fully saturated rings. The minimum atomic E-state index is -0.418. The molecule has 0 bridgehead atoms. The van der Waals surface area contributed by atoms with Gasteiger partial charge in [-0.3, -0.25) is 0 Å². The van der Waals surface area contributed by atoms with E-state index >= 15 is 0 Å². The van der Waals surface area contributed by atoms with Crippen LogP contribution in [0.3, 0.4) is 0 Å². The predicted octanol–water partition coefficient (Wildman–Crippen LogP) is 3.43. The number of halogens is 2. The van der Waals surface area contributed by atoms with Crippen molar-refractivity contribution in [2.24, 2.45) is 5.92 Å². The van der Waals surface area contributed by atoms with Crippen LogP contribution in [-0.2, 0) is 6.42 Å². The molecule has 1 rings (SSSR count). The molecular weight excluding hydrogens is 215 g/mol. The van der Waals surface area contributed by atoms with E-state index in [0.29, 0.717) is 6.42 Å². The molecule has 15 heavy (non-hydrogen) atoms. The minimum absolute atomic E-state index is 0.115. The highest BCUT2D eigenvalue weighted by Gasteiger charge is 2.13. The van der Waals surface area contributed by atoms with Crippen LogP contribution < -0.4 is 0 Å². The lowest BCUT2D eigenvalue weighted by Crippen LogP contribution is -2.19. The maximum Gasteiger partial charge on any atom is 0.141 e. The van der Waals surface area contributed by atoms with Crippen molar-refractivity contribution in [3.8, 4) is 0 Å². The summed E-state index contributed by atoms with van der Waals surface area (Å²) in [5.41, 5.74) is 0.870. The summed E-state index contributed by atoms with van der Waals surface area (Å²) in [4.78, 5) is 0. The Bertz CT molecular complexity index is 327. The van der Waals surface area contributed by atoms with Gasteiger partial charge in [-0.25, -0.2) is 4.39 Å². The van der Waals surface area contributed by atoms with Crippen LogP contribution in [-0.4, -0.2) is 11.2 Å². The standard InChI is InChI=1S/C12H16ClFO/c1-3-8(2)12(15)7-9-4-5-11(14)10(13)6-9/h4-6,8,12,15H,3,7H2,1-2H3. The Morgan fingerprint density at radius 3 is 2.67 bits per heavy atom. The van der Waals surface area contributed by atoms with Gasteiger partial charge in [0.05, 0.1) is 11.1 Å². The Morgan fingerprint density at radius 2 is 2.13 bits per heavy atom. The van der Waals surface area contributed by atoms with Gasteiger partial charge in [-0.15, -0.1) is 0 Å². The number of hydrogen-bond donors (Lipinski definition) is 1. The lowest BCUT2D eigenvalue weighted by atomic mass is 9.96. The van der Waals surface area contributed by atoms with Gasteiger partial charge in [0.2, 0.25) is 0 Å². The Morgan fingerprint density at radius 1 is 1.47 bits per heavy atom. The van der Waals surface area contributed by atoms with Gasteiger partial charge in [0.1, 0.15) is 5.82 Å². The third kappa shape index (κ3) is 3.47. The highest BCUT2D eigenvalue weighted by molar-refractivity contribution is 6.30. The van der Waals surface area contributed by atoms with Crippen molar-refractivity contribution in [3.05, 3.63) is 34.6 Å². The first kappa shape index (κ1) is 12.5. The fourth-order valence-corrected chi connectivity index (χ4v) is 1.58. The van der Waals surface area contributed by atoms with Crippen LogP contribution in [0.25, 0.3) is 0 Å². The van der Waals surface area contributed by atoms with Crippen LogP contribution in [0.5, 0.6) is 0 Å². The first-order valence-corrected chi connectivity index (χ1v) is 5.54. The van der Waals surface area contributed by atoms with Gasteiger partial charge >= 0.3 is 0 Å². The summed E-state index contributed by atoms with van der Waals surface area (Å²) in [5, 5.41) is 9.91. The number of aliphatic hydroxyl groups excluding tert-OH is 1. The number of rotatable bonds is 4. The van der Waals surface area contributed by atoms with Crippen molar-refractivity contribution in [2.45, 2.75) is 32.8 Å². The zero-order valence-electron chi connectivity index (χ0n) is 9.00. The smallest absolute Gasteiger partial charge is 0.141 e. The minimum Gasteiger partial charge on any atom is -0.393 e. The summed E-state index contributed by atoms with van der Waals surface area (Å²) >= 11 is 5.65. The van der Waals surface area contributed by atoms with Crippen molar-refractivity contribution < 1.29 is 9.50 Å². The van der Waals surface area contributed by atoms with Crippen LogP contribution in [0.1, 0.15) is 25.8 Å². The Kier molecular flexibility index (Phi) is 4.55. The number of hydrogen-bond acceptors (Lipinski definition) is 1. The molecule has 1 nitrogen and oxygen atoms in total. The molecule has 1 aromatic carbocycles. The van der Waals surface area contributed by atoms with Crippen LogP contribution in [0, 0.1) is 11.7 Å². The van der Waals surface area contributed by atoms with Crippen molar-refractivity contribution in [1.82, 2.24) is 0 Å².